The zero-order chi connectivity index (χ0) is 18.9. The summed E-state index contributed by atoms with van der Waals surface area (Å²) in [6, 6.07) is 14.8. The van der Waals surface area contributed by atoms with Gasteiger partial charge >= 0.3 is 5.97 Å². The highest BCUT2D eigenvalue weighted by Gasteiger charge is 2.13. The van der Waals surface area contributed by atoms with Gasteiger partial charge in [-0.2, -0.15) is 0 Å². The average Bonchev–Trinajstić information content (AvgIpc) is 2.64. The van der Waals surface area contributed by atoms with Gasteiger partial charge in [-0.1, -0.05) is 54.0 Å². The molecule has 0 bridgehead atoms. The first-order valence-corrected chi connectivity index (χ1v) is 9.21. The van der Waals surface area contributed by atoms with Crippen molar-refractivity contribution in [1.29, 1.82) is 0 Å². The summed E-state index contributed by atoms with van der Waals surface area (Å²) in [5.41, 5.74) is 1.81. The quantitative estimate of drug-likeness (QED) is 0.638. The van der Waals surface area contributed by atoms with Crippen molar-refractivity contribution >= 4 is 33.5 Å². The molecule has 0 aliphatic rings. The van der Waals surface area contributed by atoms with E-state index in [4.69, 9.17) is 9.47 Å². The van der Waals surface area contributed by atoms with E-state index in [0.717, 1.165) is 22.1 Å². The topological polar surface area (TPSA) is 64.6 Å². The Bertz CT molecular complexity index is 763. The number of ether oxygens (including phenoxy) is 2. The zero-order valence-electron chi connectivity index (χ0n) is 14.8. The second-order valence-corrected chi connectivity index (χ2v) is 6.77. The second kappa shape index (κ2) is 9.97. The van der Waals surface area contributed by atoms with Crippen LogP contribution in [0.5, 0.6) is 5.75 Å². The Morgan fingerprint density at radius 3 is 2.62 bits per heavy atom. The summed E-state index contributed by atoms with van der Waals surface area (Å²) in [5.74, 6) is -0.109. The normalized spacial score (nSPS) is 11.5. The number of carbonyl (C=O) groups excluding carboxylic acids is 2. The lowest BCUT2D eigenvalue weighted by Crippen LogP contribution is -2.24. The van der Waals surface area contributed by atoms with Crippen molar-refractivity contribution in [2.75, 3.05) is 18.5 Å². The molecule has 26 heavy (non-hydrogen) atoms. The Morgan fingerprint density at radius 2 is 1.88 bits per heavy atom. The van der Waals surface area contributed by atoms with Gasteiger partial charge in [0, 0.05) is 10.2 Å². The lowest BCUT2D eigenvalue weighted by atomic mass is 9.97. The van der Waals surface area contributed by atoms with E-state index in [9.17, 15) is 9.59 Å². The molecule has 5 nitrogen and oxygen atoms in total. The van der Waals surface area contributed by atoms with Crippen molar-refractivity contribution in [2.45, 2.75) is 26.2 Å². The number of para-hydroxylation sites is 1. The van der Waals surface area contributed by atoms with Crippen molar-refractivity contribution in [2.24, 2.45) is 0 Å². The number of anilines is 1. The van der Waals surface area contributed by atoms with E-state index < -0.39 is 5.97 Å². The molecule has 0 heterocycles. The van der Waals surface area contributed by atoms with Crippen LogP contribution in [0.15, 0.2) is 53.0 Å². The highest BCUT2D eigenvalue weighted by molar-refractivity contribution is 9.10. The first kappa shape index (κ1) is 20.0. The Morgan fingerprint density at radius 1 is 1.12 bits per heavy atom. The highest BCUT2D eigenvalue weighted by atomic mass is 79.9. The number of nitrogens with one attached hydrogen (secondary N) is 1. The first-order valence-electron chi connectivity index (χ1n) is 8.42. The van der Waals surface area contributed by atoms with Gasteiger partial charge in [0.1, 0.15) is 5.75 Å². The smallest absolute Gasteiger partial charge is 0.344 e. The summed E-state index contributed by atoms with van der Waals surface area (Å²) < 4.78 is 11.1. The van der Waals surface area contributed by atoms with Crippen LogP contribution in [-0.2, 0) is 14.3 Å². The largest absolute Gasteiger partial charge is 0.482 e. The molecule has 0 unspecified atom stereocenters. The van der Waals surface area contributed by atoms with Gasteiger partial charge in [0.05, 0.1) is 0 Å². The molecule has 0 saturated carbocycles. The van der Waals surface area contributed by atoms with Crippen LogP contribution in [-0.4, -0.2) is 25.1 Å². The molecule has 0 aliphatic heterocycles. The number of amides is 1. The van der Waals surface area contributed by atoms with Crippen LogP contribution in [0.1, 0.15) is 31.7 Å². The van der Waals surface area contributed by atoms with E-state index >= 15 is 0 Å². The van der Waals surface area contributed by atoms with Crippen molar-refractivity contribution in [3.8, 4) is 5.75 Å². The van der Waals surface area contributed by atoms with Crippen molar-refractivity contribution < 1.29 is 19.1 Å². The molecule has 2 aromatic carbocycles. The summed E-state index contributed by atoms with van der Waals surface area (Å²) in [5, 5.41) is 2.80. The number of hydrogen-bond acceptors (Lipinski definition) is 4. The van der Waals surface area contributed by atoms with Gasteiger partial charge in [0.25, 0.3) is 5.91 Å². The van der Waals surface area contributed by atoms with Gasteiger partial charge in [0.15, 0.2) is 13.2 Å². The van der Waals surface area contributed by atoms with Gasteiger partial charge in [-0.3, -0.25) is 4.79 Å². The number of carbonyl (C=O) groups is 2. The summed E-state index contributed by atoms with van der Waals surface area (Å²) in [6.07, 6.45) is 0.967. The molecule has 1 amide bonds. The minimum atomic E-state index is -0.602. The molecule has 1 atom stereocenters. The van der Waals surface area contributed by atoms with Crippen molar-refractivity contribution in [3.05, 3.63) is 58.6 Å². The van der Waals surface area contributed by atoms with E-state index in [1.807, 2.05) is 30.3 Å². The summed E-state index contributed by atoms with van der Waals surface area (Å²) >= 11 is 3.32. The predicted molar refractivity (Wildman–Crippen MR) is 104 cm³/mol. The Hall–Kier alpha value is -2.34. The fourth-order valence-electron chi connectivity index (χ4n) is 2.33. The zero-order valence-corrected chi connectivity index (χ0v) is 16.4. The van der Waals surface area contributed by atoms with E-state index in [2.05, 4.69) is 35.1 Å². The van der Waals surface area contributed by atoms with Crippen molar-refractivity contribution in [1.82, 2.24) is 0 Å². The molecule has 2 aromatic rings. The highest BCUT2D eigenvalue weighted by Crippen LogP contribution is 2.26. The molecule has 0 saturated heterocycles. The molecule has 1 N–H and O–H groups in total. The van der Waals surface area contributed by atoms with Crippen LogP contribution >= 0.6 is 15.9 Å². The van der Waals surface area contributed by atoms with Crippen LogP contribution in [0.25, 0.3) is 0 Å². The van der Waals surface area contributed by atoms with Gasteiger partial charge in [-0.25, -0.2) is 4.79 Å². The second-order valence-electron chi connectivity index (χ2n) is 5.85. The molecular weight excluding hydrogens is 398 g/mol. The Labute approximate surface area is 161 Å². The number of hydrogen-bond donors (Lipinski definition) is 1. The molecular formula is C20H22BrNO4. The molecule has 2 rings (SSSR count). The SMILES string of the molecule is CC[C@@H](C)c1ccccc1NC(=O)COC(=O)COc1cccc(Br)c1. The van der Waals surface area contributed by atoms with Crippen LogP contribution in [0.2, 0.25) is 0 Å². The first-order chi connectivity index (χ1) is 12.5. The minimum absolute atomic E-state index is 0.257. The maximum Gasteiger partial charge on any atom is 0.344 e. The predicted octanol–water partition coefficient (Wildman–Crippen LogP) is 4.52. The summed E-state index contributed by atoms with van der Waals surface area (Å²) in [7, 11) is 0. The molecule has 138 valence electrons. The van der Waals surface area contributed by atoms with Crippen LogP contribution in [0.3, 0.4) is 0 Å². The maximum absolute atomic E-state index is 12.1. The van der Waals surface area contributed by atoms with E-state index in [1.54, 1.807) is 18.2 Å². The maximum atomic E-state index is 12.1. The Balaban J connectivity index is 1.81. The van der Waals surface area contributed by atoms with Crippen molar-refractivity contribution in [3.63, 3.8) is 0 Å². The fourth-order valence-corrected chi connectivity index (χ4v) is 2.71. The van der Waals surface area contributed by atoms with Crippen LogP contribution < -0.4 is 10.1 Å². The third-order valence-corrected chi connectivity index (χ3v) is 4.39. The van der Waals surface area contributed by atoms with E-state index in [1.165, 1.54) is 0 Å². The summed E-state index contributed by atoms with van der Waals surface area (Å²) in [4.78, 5) is 23.8. The lowest BCUT2D eigenvalue weighted by Gasteiger charge is -2.15. The number of rotatable bonds is 8. The monoisotopic (exact) mass is 419 g/mol. The fraction of sp³-hybridized carbons (Fsp3) is 0.300. The van der Waals surface area contributed by atoms with E-state index in [-0.39, 0.29) is 19.1 Å². The van der Waals surface area contributed by atoms with Gasteiger partial charge in [-0.05, 0) is 42.2 Å². The average molecular weight is 420 g/mol. The number of benzene rings is 2. The summed E-state index contributed by atoms with van der Waals surface area (Å²) in [6.45, 7) is 3.59. The standard InChI is InChI=1S/C20H22BrNO4/c1-3-14(2)17-9-4-5-10-18(17)22-19(23)12-26-20(24)13-25-16-8-6-7-15(21)11-16/h4-11,14H,3,12-13H2,1-2H3,(H,22,23)/t14-/m1/s1. The molecule has 0 fully saturated rings. The molecule has 0 aliphatic carbocycles. The van der Waals surface area contributed by atoms with Gasteiger partial charge < -0.3 is 14.8 Å². The van der Waals surface area contributed by atoms with Crippen LogP contribution in [0.4, 0.5) is 5.69 Å². The minimum Gasteiger partial charge on any atom is -0.482 e. The third kappa shape index (κ3) is 6.19. The van der Waals surface area contributed by atoms with Crippen LogP contribution in [0, 0.1) is 0 Å². The number of esters is 1. The lowest BCUT2D eigenvalue weighted by molar-refractivity contribution is -0.149. The molecule has 0 radical (unpaired) electrons. The Kier molecular flexibility index (Phi) is 7.66. The van der Waals surface area contributed by atoms with E-state index in [0.29, 0.717) is 11.7 Å². The molecule has 6 heteroatoms. The molecule has 0 spiro atoms. The van der Waals surface area contributed by atoms with Gasteiger partial charge in [-0.15, -0.1) is 0 Å². The number of halogens is 1. The third-order valence-electron chi connectivity index (χ3n) is 3.90. The molecule has 0 aromatic heterocycles. The van der Waals surface area contributed by atoms with Gasteiger partial charge in [0.2, 0.25) is 0 Å².